The van der Waals surface area contributed by atoms with Gasteiger partial charge >= 0.3 is 0 Å². The molecule has 0 aliphatic carbocycles. The van der Waals surface area contributed by atoms with Gasteiger partial charge < -0.3 is 14.5 Å². The third kappa shape index (κ3) is 3.95. The molecule has 0 spiro atoms. The van der Waals surface area contributed by atoms with Gasteiger partial charge in [-0.15, -0.1) is 0 Å². The smallest absolute Gasteiger partial charge is 0.291 e. The van der Waals surface area contributed by atoms with E-state index in [0.717, 1.165) is 5.69 Å². The second-order valence-corrected chi connectivity index (χ2v) is 5.98. The van der Waals surface area contributed by atoms with Gasteiger partial charge in [0.1, 0.15) is 12.4 Å². The van der Waals surface area contributed by atoms with Crippen LogP contribution in [0.3, 0.4) is 0 Å². The van der Waals surface area contributed by atoms with Crippen molar-refractivity contribution in [2.75, 3.05) is 12.4 Å². The van der Waals surface area contributed by atoms with Crippen LogP contribution in [0.5, 0.6) is 0 Å². The topological polar surface area (TPSA) is 51.5 Å². The summed E-state index contributed by atoms with van der Waals surface area (Å²) in [7, 11) is 1.58. The molecule has 0 saturated carbocycles. The predicted molar refractivity (Wildman–Crippen MR) is 82.5 cm³/mol. The van der Waals surface area contributed by atoms with Crippen molar-refractivity contribution in [2.24, 2.45) is 0 Å². The SMILES string of the molecule is COCc1ccc(C(=O)Nc2ccc(C(C)(C)C)cc2)o1. The summed E-state index contributed by atoms with van der Waals surface area (Å²) in [4.78, 5) is 12.1. The van der Waals surface area contributed by atoms with Crippen LogP contribution in [0.25, 0.3) is 0 Å². The lowest BCUT2D eigenvalue weighted by molar-refractivity contribution is 0.0987. The molecule has 21 heavy (non-hydrogen) atoms. The quantitative estimate of drug-likeness (QED) is 0.925. The van der Waals surface area contributed by atoms with E-state index in [1.54, 1.807) is 19.2 Å². The van der Waals surface area contributed by atoms with Gasteiger partial charge in [-0.25, -0.2) is 0 Å². The number of carbonyl (C=O) groups excluding carboxylic acids is 1. The largest absolute Gasteiger partial charge is 0.453 e. The van der Waals surface area contributed by atoms with Crippen LogP contribution in [0, 0.1) is 0 Å². The average Bonchev–Trinajstić information content (AvgIpc) is 2.87. The van der Waals surface area contributed by atoms with Gasteiger partial charge in [0.25, 0.3) is 5.91 Å². The van der Waals surface area contributed by atoms with Crippen LogP contribution in [0.2, 0.25) is 0 Å². The number of benzene rings is 1. The molecule has 4 nitrogen and oxygen atoms in total. The van der Waals surface area contributed by atoms with E-state index < -0.39 is 0 Å². The molecule has 0 aliphatic heterocycles. The maximum absolute atomic E-state index is 12.1. The normalized spacial score (nSPS) is 11.4. The molecule has 0 saturated heterocycles. The molecule has 0 atom stereocenters. The number of nitrogens with one attached hydrogen (secondary N) is 1. The Labute approximate surface area is 125 Å². The molecule has 1 heterocycles. The van der Waals surface area contributed by atoms with Crippen molar-refractivity contribution in [3.63, 3.8) is 0 Å². The highest BCUT2D eigenvalue weighted by atomic mass is 16.5. The zero-order chi connectivity index (χ0) is 15.5. The molecular formula is C17H21NO3. The number of amides is 1. The zero-order valence-electron chi connectivity index (χ0n) is 12.9. The van der Waals surface area contributed by atoms with E-state index in [2.05, 4.69) is 26.1 Å². The number of hydrogen-bond acceptors (Lipinski definition) is 3. The summed E-state index contributed by atoms with van der Waals surface area (Å²) in [6.45, 7) is 6.82. The number of rotatable bonds is 4. The van der Waals surface area contributed by atoms with E-state index in [9.17, 15) is 4.79 Å². The highest BCUT2D eigenvalue weighted by Crippen LogP contribution is 2.23. The number of ether oxygens (including phenoxy) is 1. The minimum Gasteiger partial charge on any atom is -0.453 e. The fourth-order valence-corrected chi connectivity index (χ4v) is 1.97. The molecule has 1 aromatic carbocycles. The van der Waals surface area contributed by atoms with Crippen LogP contribution in [-0.2, 0) is 16.8 Å². The molecular weight excluding hydrogens is 266 g/mol. The van der Waals surface area contributed by atoms with E-state index in [1.165, 1.54) is 5.56 Å². The van der Waals surface area contributed by atoms with Crippen LogP contribution in [0.15, 0.2) is 40.8 Å². The molecule has 0 bridgehead atoms. The first kappa shape index (κ1) is 15.3. The molecule has 1 amide bonds. The summed E-state index contributed by atoms with van der Waals surface area (Å²) in [5, 5.41) is 2.82. The van der Waals surface area contributed by atoms with Crippen LogP contribution in [0.4, 0.5) is 5.69 Å². The fraction of sp³-hybridized carbons (Fsp3) is 0.353. The van der Waals surface area contributed by atoms with Crippen molar-refractivity contribution >= 4 is 11.6 Å². The molecule has 0 aliphatic rings. The summed E-state index contributed by atoms with van der Waals surface area (Å²) in [6.07, 6.45) is 0. The first-order valence-corrected chi connectivity index (χ1v) is 6.89. The Bertz CT molecular complexity index is 606. The van der Waals surface area contributed by atoms with Crippen molar-refractivity contribution in [1.82, 2.24) is 0 Å². The molecule has 0 radical (unpaired) electrons. The first-order chi connectivity index (χ1) is 9.90. The second-order valence-electron chi connectivity index (χ2n) is 5.98. The first-order valence-electron chi connectivity index (χ1n) is 6.89. The Balaban J connectivity index is 2.05. The lowest BCUT2D eigenvalue weighted by Gasteiger charge is -2.19. The minimum atomic E-state index is -0.263. The molecule has 2 rings (SSSR count). The molecule has 1 aromatic heterocycles. The van der Waals surface area contributed by atoms with E-state index in [1.807, 2.05) is 24.3 Å². The summed E-state index contributed by atoms with van der Waals surface area (Å²) in [5.74, 6) is 0.647. The Kier molecular flexibility index (Phi) is 4.48. The van der Waals surface area contributed by atoms with Crippen LogP contribution >= 0.6 is 0 Å². The van der Waals surface area contributed by atoms with Gasteiger partial charge in [0.05, 0.1) is 0 Å². The highest BCUT2D eigenvalue weighted by Gasteiger charge is 2.14. The lowest BCUT2D eigenvalue weighted by atomic mass is 9.87. The van der Waals surface area contributed by atoms with Crippen LogP contribution < -0.4 is 5.32 Å². The number of hydrogen-bond donors (Lipinski definition) is 1. The molecule has 0 fully saturated rings. The van der Waals surface area contributed by atoms with Crippen molar-refractivity contribution in [1.29, 1.82) is 0 Å². The van der Waals surface area contributed by atoms with Gasteiger partial charge in [0.15, 0.2) is 5.76 Å². The van der Waals surface area contributed by atoms with E-state index >= 15 is 0 Å². The zero-order valence-corrected chi connectivity index (χ0v) is 12.9. The molecule has 112 valence electrons. The Morgan fingerprint density at radius 2 is 1.81 bits per heavy atom. The fourth-order valence-electron chi connectivity index (χ4n) is 1.97. The number of anilines is 1. The second kappa shape index (κ2) is 6.14. The van der Waals surface area contributed by atoms with Crippen LogP contribution in [0.1, 0.15) is 42.6 Å². The third-order valence-electron chi connectivity index (χ3n) is 3.18. The number of carbonyl (C=O) groups is 1. The summed E-state index contributed by atoms with van der Waals surface area (Å²) < 4.78 is 10.4. The van der Waals surface area contributed by atoms with Crippen molar-refractivity contribution in [3.05, 3.63) is 53.5 Å². The Morgan fingerprint density at radius 3 is 2.38 bits per heavy atom. The lowest BCUT2D eigenvalue weighted by Crippen LogP contribution is -2.13. The highest BCUT2D eigenvalue weighted by molar-refractivity contribution is 6.02. The van der Waals surface area contributed by atoms with Crippen LogP contribution in [-0.4, -0.2) is 13.0 Å². The van der Waals surface area contributed by atoms with Gasteiger partial charge in [-0.2, -0.15) is 0 Å². The Morgan fingerprint density at radius 1 is 1.14 bits per heavy atom. The Hall–Kier alpha value is -2.07. The van der Waals surface area contributed by atoms with Gasteiger partial charge in [-0.1, -0.05) is 32.9 Å². The van der Waals surface area contributed by atoms with Crippen molar-refractivity contribution in [3.8, 4) is 0 Å². The van der Waals surface area contributed by atoms with Gasteiger partial charge in [-0.3, -0.25) is 4.79 Å². The number of furan rings is 1. The van der Waals surface area contributed by atoms with Crippen molar-refractivity contribution < 1.29 is 13.9 Å². The van der Waals surface area contributed by atoms with E-state index in [0.29, 0.717) is 12.4 Å². The third-order valence-corrected chi connectivity index (χ3v) is 3.18. The molecule has 0 unspecified atom stereocenters. The minimum absolute atomic E-state index is 0.0958. The van der Waals surface area contributed by atoms with E-state index in [-0.39, 0.29) is 17.1 Å². The monoisotopic (exact) mass is 287 g/mol. The molecule has 1 N–H and O–H groups in total. The molecule has 2 aromatic rings. The average molecular weight is 287 g/mol. The summed E-state index contributed by atoms with van der Waals surface area (Å²) in [6, 6.07) is 11.2. The van der Waals surface area contributed by atoms with Gasteiger partial charge in [-0.05, 0) is 35.2 Å². The summed E-state index contributed by atoms with van der Waals surface area (Å²) in [5.41, 5.74) is 2.07. The van der Waals surface area contributed by atoms with E-state index in [4.69, 9.17) is 9.15 Å². The molecule has 4 heteroatoms. The predicted octanol–water partition coefficient (Wildman–Crippen LogP) is 3.98. The standard InChI is InChI=1S/C17H21NO3/c1-17(2,3)12-5-7-13(8-6-12)18-16(19)15-10-9-14(21-15)11-20-4/h5-10H,11H2,1-4H3,(H,18,19). The summed E-state index contributed by atoms with van der Waals surface area (Å²) >= 11 is 0. The maximum Gasteiger partial charge on any atom is 0.291 e. The number of methoxy groups -OCH3 is 1. The van der Waals surface area contributed by atoms with Crippen molar-refractivity contribution in [2.45, 2.75) is 32.8 Å². The maximum atomic E-state index is 12.1. The van der Waals surface area contributed by atoms with Gasteiger partial charge in [0.2, 0.25) is 0 Å². The van der Waals surface area contributed by atoms with Gasteiger partial charge in [0, 0.05) is 12.8 Å².